The number of carboxylic acids is 1. The molecular formula is C66H82FN9O20. The van der Waals surface area contributed by atoms with E-state index in [1.807, 2.05) is 41.5 Å². The molecule has 0 saturated carbocycles. The maximum atomic E-state index is 13.7. The van der Waals surface area contributed by atoms with Gasteiger partial charge >= 0.3 is 17.9 Å². The predicted molar refractivity (Wildman–Crippen MR) is 339 cm³/mol. The number of carbonyl (C=O) groups is 16. The zero-order valence-corrected chi connectivity index (χ0v) is 54.4. The summed E-state index contributed by atoms with van der Waals surface area (Å²) >= 11 is 0. The van der Waals surface area contributed by atoms with Crippen molar-refractivity contribution in [1.82, 2.24) is 30.7 Å². The minimum absolute atomic E-state index is 0.0340. The van der Waals surface area contributed by atoms with E-state index in [0.29, 0.717) is 56.7 Å². The number of rotatable bonds is 22. The normalized spacial score (nSPS) is 17.9. The lowest BCUT2D eigenvalue weighted by molar-refractivity contribution is -0.156. The van der Waals surface area contributed by atoms with Gasteiger partial charge in [0.15, 0.2) is 0 Å². The predicted octanol–water partition coefficient (Wildman–Crippen LogP) is 5.32. The second kappa shape index (κ2) is 35.4. The molecular weight excluding hydrogens is 1260 g/mol. The maximum Gasteiger partial charge on any atom is 0.306 e. The van der Waals surface area contributed by atoms with Gasteiger partial charge in [-0.2, -0.15) is 0 Å². The van der Waals surface area contributed by atoms with Crippen molar-refractivity contribution in [2.75, 3.05) is 30.3 Å². The number of esters is 2. The fourth-order valence-corrected chi connectivity index (χ4v) is 10.8. The van der Waals surface area contributed by atoms with E-state index in [0.717, 1.165) is 65.7 Å². The van der Waals surface area contributed by atoms with Crippen LogP contribution in [0.3, 0.4) is 0 Å². The third-order valence-corrected chi connectivity index (χ3v) is 15.0. The molecule has 6 aliphatic rings. The highest BCUT2D eigenvalue weighted by Crippen LogP contribution is 2.35. The summed E-state index contributed by atoms with van der Waals surface area (Å²) in [7, 11) is 0. The highest BCUT2D eigenvalue weighted by atomic mass is 19.1. The zero-order valence-electron chi connectivity index (χ0n) is 54.4. The summed E-state index contributed by atoms with van der Waals surface area (Å²) in [6.45, 7) is 12.7. The lowest BCUT2D eigenvalue weighted by Gasteiger charge is -2.27. The SMILES string of the molecule is CC(C)(C)OC(=O)CCCCCN.CC(C)(C)OC(=O)CCCCCNc1cccc2c1C(=O)N(C1CCC(=O)NC1=O)C2=O.O=C(O)CCCCCNc1cccc2c1C(=O)N(C1CCC(=O)NC1=O)C2=O.O=C1CCC(N2C(=O)c3cccc(F)c3C2=O)C(=O)N1.O=CO. The number of nitrogens with zero attached hydrogens (tertiary/aromatic N) is 3. The molecule has 6 heterocycles. The van der Waals surface area contributed by atoms with E-state index in [-0.39, 0.29) is 102 Å². The first-order valence-corrected chi connectivity index (χ1v) is 31.5. The van der Waals surface area contributed by atoms with Crippen molar-refractivity contribution >= 4 is 107 Å². The number of hydrogen-bond acceptors (Lipinski definition) is 21. The number of aliphatic carboxylic acids is 1. The van der Waals surface area contributed by atoms with Gasteiger partial charge in [0.25, 0.3) is 41.9 Å². The Bertz CT molecular complexity index is 3500. The second-order valence-corrected chi connectivity index (χ2v) is 24.7. The number of unbranched alkanes of at least 4 members (excludes halogenated alkanes) is 6. The Morgan fingerprint density at radius 1 is 0.510 bits per heavy atom. The Morgan fingerprint density at radius 2 is 0.833 bits per heavy atom. The molecule has 9 rings (SSSR count). The van der Waals surface area contributed by atoms with E-state index in [2.05, 4.69) is 26.6 Å². The van der Waals surface area contributed by atoms with Crippen LogP contribution in [-0.4, -0.2) is 169 Å². The van der Waals surface area contributed by atoms with Crippen LogP contribution in [0.15, 0.2) is 54.6 Å². The molecule has 3 fully saturated rings. The van der Waals surface area contributed by atoms with Crippen LogP contribution in [0.2, 0.25) is 0 Å². The molecule has 12 amide bonds. The van der Waals surface area contributed by atoms with E-state index < -0.39 is 106 Å². The third kappa shape index (κ3) is 21.2. The summed E-state index contributed by atoms with van der Waals surface area (Å²) in [4.78, 5) is 190. The number of fused-ring (bicyclic) bond motifs is 3. The molecule has 0 aromatic heterocycles. The molecule has 29 nitrogen and oxygen atoms in total. The highest BCUT2D eigenvalue weighted by molar-refractivity contribution is 6.27. The number of halogens is 1. The molecule has 0 bridgehead atoms. The molecule has 3 aromatic carbocycles. The molecule has 30 heteroatoms. The summed E-state index contributed by atoms with van der Waals surface area (Å²) in [5, 5.41) is 28.3. The van der Waals surface area contributed by atoms with E-state index >= 15 is 0 Å². The number of carbonyl (C=O) groups excluding carboxylic acids is 14. The maximum absolute atomic E-state index is 13.7. The summed E-state index contributed by atoms with van der Waals surface area (Å²) < 4.78 is 24.1. The molecule has 9 N–H and O–H groups in total. The van der Waals surface area contributed by atoms with Gasteiger partial charge in [0.2, 0.25) is 35.4 Å². The number of carboxylic acid groups (broad SMARTS) is 2. The van der Waals surface area contributed by atoms with Crippen molar-refractivity contribution in [3.8, 4) is 0 Å². The van der Waals surface area contributed by atoms with Crippen LogP contribution in [0.5, 0.6) is 0 Å². The minimum Gasteiger partial charge on any atom is -0.483 e. The first-order chi connectivity index (χ1) is 45.3. The lowest BCUT2D eigenvalue weighted by atomic mass is 10.0. The van der Waals surface area contributed by atoms with E-state index in [9.17, 15) is 76.3 Å². The van der Waals surface area contributed by atoms with Crippen LogP contribution in [0.1, 0.15) is 219 Å². The molecule has 0 radical (unpaired) electrons. The summed E-state index contributed by atoms with van der Waals surface area (Å²) in [5.74, 6) is -8.90. The average molecular weight is 1340 g/mol. The Balaban J connectivity index is 0.000000238. The first kappa shape index (κ1) is 76.6. The lowest BCUT2D eigenvalue weighted by Crippen LogP contribution is -2.54. The van der Waals surface area contributed by atoms with Gasteiger partial charge in [-0.25, -0.2) is 4.39 Å². The van der Waals surface area contributed by atoms with Crippen LogP contribution in [0.25, 0.3) is 0 Å². The highest BCUT2D eigenvalue weighted by Gasteiger charge is 2.48. The van der Waals surface area contributed by atoms with Crippen molar-refractivity contribution in [2.24, 2.45) is 5.73 Å². The number of nitrogens with one attached hydrogen (secondary N) is 5. The molecule has 96 heavy (non-hydrogen) atoms. The van der Waals surface area contributed by atoms with Crippen molar-refractivity contribution in [3.63, 3.8) is 0 Å². The van der Waals surface area contributed by atoms with Crippen LogP contribution >= 0.6 is 0 Å². The van der Waals surface area contributed by atoms with Gasteiger partial charge in [-0.1, -0.05) is 37.5 Å². The Kier molecular flexibility index (Phi) is 28.2. The minimum atomic E-state index is -1.07. The summed E-state index contributed by atoms with van der Waals surface area (Å²) in [6, 6.07) is 10.6. The number of anilines is 2. The fourth-order valence-electron chi connectivity index (χ4n) is 10.8. The van der Waals surface area contributed by atoms with E-state index in [1.54, 1.807) is 36.4 Å². The Labute approximate surface area is 552 Å². The third-order valence-electron chi connectivity index (χ3n) is 15.0. The van der Waals surface area contributed by atoms with E-state index in [1.165, 1.54) is 12.1 Å². The van der Waals surface area contributed by atoms with Crippen LogP contribution < -0.4 is 32.3 Å². The standard InChI is InChI=1S/C23H29N3O6.C19H21N3O6.C13H9FN2O4.C10H21NO2.CH2O2/c1-23(2,3)32-18(28)10-5-4-6-13-24-15-9-7-8-14-19(15)22(31)26(21(14)30)16-11-12-17(27)25-20(16)29;23-14-9-8-13(17(26)21-14)22-18(27)11-5-4-6-12(16(11)19(22)28)20-10-3-1-2-7-15(24)25;14-7-3-1-2-6-10(7)13(20)16(12(6)19)8-4-5-9(17)15-11(8)18;1-10(2,3)13-9(12)7-5-4-6-8-11;2-1-3/h7-9,16,24H,4-6,10-13H2,1-3H3,(H,25,27,29);4-6,13,20H,1-3,7-10H2,(H,24,25)(H,21,23,26);1-3,8H,4-5H2,(H,15,17,18);4-8,11H2,1-3H3;1H,(H,2,3). The number of amides is 12. The number of hydrogen-bond donors (Lipinski definition) is 8. The van der Waals surface area contributed by atoms with Crippen LogP contribution in [-0.2, 0) is 57.4 Å². The molecule has 0 spiro atoms. The van der Waals surface area contributed by atoms with Gasteiger partial charge in [-0.3, -0.25) is 107 Å². The van der Waals surface area contributed by atoms with E-state index in [4.69, 9.17) is 30.2 Å². The Morgan fingerprint density at radius 3 is 1.16 bits per heavy atom. The van der Waals surface area contributed by atoms with Gasteiger partial charge in [0, 0.05) is 63.0 Å². The topological polar surface area (TPSA) is 428 Å². The first-order valence-electron chi connectivity index (χ1n) is 31.5. The molecule has 3 aromatic rings. The largest absolute Gasteiger partial charge is 0.483 e. The Hall–Kier alpha value is -10.1. The molecule has 3 atom stereocenters. The molecule has 6 aliphatic heterocycles. The monoisotopic (exact) mass is 1340 g/mol. The fraction of sp³-hybridized carbons (Fsp3) is 0.485. The molecule has 0 aliphatic carbocycles. The van der Waals surface area contributed by atoms with Crippen molar-refractivity contribution in [2.45, 2.75) is 186 Å². The second-order valence-electron chi connectivity index (χ2n) is 24.7. The van der Waals surface area contributed by atoms with Gasteiger partial charge in [0.05, 0.1) is 33.4 Å². The van der Waals surface area contributed by atoms with Crippen LogP contribution in [0.4, 0.5) is 15.8 Å². The quantitative estimate of drug-likeness (QED) is 0.0273. The van der Waals surface area contributed by atoms with Crippen molar-refractivity contribution in [1.29, 1.82) is 0 Å². The van der Waals surface area contributed by atoms with Gasteiger partial charge in [-0.15, -0.1) is 0 Å². The average Bonchev–Trinajstić information content (AvgIpc) is 1.63. The number of ether oxygens (including phenoxy) is 2. The smallest absolute Gasteiger partial charge is 0.306 e. The molecule has 3 unspecified atom stereocenters. The number of imide groups is 6. The number of piperidine rings is 3. The van der Waals surface area contributed by atoms with Crippen molar-refractivity contribution in [3.05, 3.63) is 93.8 Å². The van der Waals surface area contributed by atoms with Crippen molar-refractivity contribution < 1.29 is 101 Å². The van der Waals surface area contributed by atoms with Gasteiger partial charge in [-0.05, 0) is 142 Å². The summed E-state index contributed by atoms with van der Waals surface area (Å²) in [5.41, 5.74) is 6.09. The van der Waals surface area contributed by atoms with Crippen LogP contribution in [0, 0.1) is 5.82 Å². The molecule has 518 valence electrons. The molecule has 3 saturated heterocycles. The number of benzene rings is 3. The van der Waals surface area contributed by atoms with Gasteiger partial charge in [0.1, 0.15) is 35.1 Å². The summed E-state index contributed by atoms with van der Waals surface area (Å²) in [6.07, 6.45) is 8.63. The number of nitrogens with two attached hydrogens (primary N) is 1. The zero-order chi connectivity index (χ0) is 71.2. The van der Waals surface area contributed by atoms with Gasteiger partial charge < -0.3 is 36.1 Å².